The molecule has 0 unspecified atom stereocenters. The van der Waals surface area contributed by atoms with Gasteiger partial charge in [-0.25, -0.2) is 0 Å². The van der Waals surface area contributed by atoms with Gasteiger partial charge >= 0.3 is 0 Å². The van der Waals surface area contributed by atoms with Crippen molar-refractivity contribution in [2.45, 2.75) is 137 Å². The number of aryl methyl sites for hydroxylation is 6. The summed E-state index contributed by atoms with van der Waals surface area (Å²) in [4.78, 5) is 0. The van der Waals surface area contributed by atoms with Crippen LogP contribution in [-0.4, -0.2) is 0 Å². The van der Waals surface area contributed by atoms with Crippen molar-refractivity contribution in [1.82, 2.24) is 0 Å². The van der Waals surface area contributed by atoms with Gasteiger partial charge in [0.05, 0.1) is 0 Å². The van der Waals surface area contributed by atoms with Crippen LogP contribution in [0.15, 0.2) is 60.7 Å². The third-order valence-electron chi connectivity index (χ3n) is 10.0. The van der Waals surface area contributed by atoms with E-state index in [1.165, 1.54) is 151 Å². The summed E-state index contributed by atoms with van der Waals surface area (Å²) in [6, 6.07) is 23.7. The zero-order valence-electron chi connectivity index (χ0n) is 30.6. The molecule has 0 aliphatic carbocycles. The quantitative estimate of drug-likeness (QED) is 0.0691. The van der Waals surface area contributed by atoms with Gasteiger partial charge in [-0.05, 0) is 197 Å². The monoisotopic (exact) mass is 864 g/mol. The molecule has 0 aliphatic rings. The molecule has 4 rings (SSSR count). The van der Waals surface area contributed by atoms with Crippen LogP contribution in [0.25, 0.3) is 22.3 Å². The summed E-state index contributed by atoms with van der Waals surface area (Å²) in [6.07, 6.45) is 18.3. The molecule has 0 aliphatic heterocycles. The Kier molecular flexibility index (Phi) is 16.0. The second kappa shape index (κ2) is 19.7. The zero-order valence-corrected chi connectivity index (χ0v) is 34.9. The Morgan fingerprint density at radius 2 is 0.750 bits per heavy atom. The van der Waals surface area contributed by atoms with Crippen LogP contribution >= 0.6 is 45.2 Å². The Labute approximate surface area is 321 Å². The molecule has 256 valence electrons. The number of hydrogen-bond donors (Lipinski definition) is 0. The highest BCUT2D eigenvalue weighted by Crippen LogP contribution is 2.38. The van der Waals surface area contributed by atoms with Crippen LogP contribution in [0, 0.1) is 41.8 Å². The van der Waals surface area contributed by atoms with Gasteiger partial charge in [-0.2, -0.15) is 0 Å². The van der Waals surface area contributed by atoms with E-state index in [1.54, 1.807) is 0 Å². The van der Waals surface area contributed by atoms with E-state index in [9.17, 15) is 0 Å². The summed E-state index contributed by atoms with van der Waals surface area (Å²) < 4.78 is 2.63. The van der Waals surface area contributed by atoms with Crippen molar-refractivity contribution in [2.75, 3.05) is 0 Å². The van der Waals surface area contributed by atoms with Gasteiger partial charge in [-0.3, -0.25) is 0 Å². The Bertz CT molecular complexity index is 1460. The number of rotatable bonds is 18. The average Bonchev–Trinajstić information content (AvgIpc) is 3.03. The fraction of sp³-hybridized carbons (Fsp3) is 0.457. The van der Waals surface area contributed by atoms with Crippen LogP contribution in [0.4, 0.5) is 0 Å². The molecule has 4 aromatic rings. The molecule has 0 amide bonds. The summed E-state index contributed by atoms with van der Waals surface area (Å²) in [6.45, 7) is 20.7. The topological polar surface area (TPSA) is 0 Å². The molecule has 0 nitrogen and oxygen atoms in total. The van der Waals surface area contributed by atoms with Crippen LogP contribution in [-0.2, 0) is 12.8 Å². The van der Waals surface area contributed by atoms with E-state index in [1.807, 2.05) is 0 Å². The molecule has 0 N–H and O–H groups in total. The molecule has 2 radical (unpaired) electrons. The maximum Gasteiger partial charge on any atom is 0.0139 e. The van der Waals surface area contributed by atoms with E-state index in [0.29, 0.717) is 0 Å². The molecule has 0 saturated carbocycles. The van der Waals surface area contributed by atoms with Gasteiger partial charge in [0.15, 0.2) is 0 Å². The van der Waals surface area contributed by atoms with Crippen LogP contribution in [0.2, 0.25) is 0 Å². The predicted molar refractivity (Wildman–Crippen MR) is 228 cm³/mol. The number of hydrogen-bond acceptors (Lipinski definition) is 0. The van der Waals surface area contributed by atoms with Crippen molar-refractivity contribution in [3.05, 3.63) is 119 Å². The van der Waals surface area contributed by atoms with Gasteiger partial charge in [0, 0.05) is 13.1 Å². The minimum atomic E-state index is -0.161. The van der Waals surface area contributed by atoms with E-state index < -0.39 is 0 Å². The Morgan fingerprint density at radius 3 is 1.10 bits per heavy atom. The molecule has 0 atom stereocenters. The fourth-order valence-corrected chi connectivity index (χ4v) is 9.02. The number of unbranched alkanes of at least 4 members (excludes halogenated alkanes) is 10. The highest BCUT2D eigenvalue weighted by atomic mass is 127. The van der Waals surface area contributed by atoms with Gasteiger partial charge in [-0.1, -0.05) is 114 Å². The maximum atomic E-state index is 7.19. The van der Waals surface area contributed by atoms with Gasteiger partial charge in [0.25, 0.3) is 0 Å². The van der Waals surface area contributed by atoms with Gasteiger partial charge in [0.1, 0.15) is 0 Å². The number of halogens is 2. The molecule has 0 bridgehead atoms. The van der Waals surface area contributed by atoms with Crippen molar-refractivity contribution >= 4 is 45.2 Å². The standard InChI is InChI=1S/C46H58I2/c1-8-10-12-14-16-18-20-37-26-41(30-43(47)28-37)39-22-32(3)45(33(4)23-39)36(7)46-34(5)24-40(25-35(46)6)42-27-38(29-44(48)31-42)21-19-17-15-13-11-9-2/h7,22-31,36H,8-21H2,1-6H3. The summed E-state index contributed by atoms with van der Waals surface area (Å²) in [5, 5.41) is 0. The molecular weight excluding hydrogens is 806 g/mol. The van der Waals surface area contributed by atoms with Crippen molar-refractivity contribution in [1.29, 1.82) is 0 Å². The summed E-state index contributed by atoms with van der Waals surface area (Å²) in [7, 11) is 0. The van der Waals surface area contributed by atoms with Gasteiger partial charge < -0.3 is 0 Å². The minimum absolute atomic E-state index is 0.161. The van der Waals surface area contributed by atoms with Crippen molar-refractivity contribution in [3.8, 4) is 22.3 Å². The van der Waals surface area contributed by atoms with E-state index in [2.05, 4.69) is 147 Å². The Hall–Kier alpha value is -1.66. The lowest BCUT2D eigenvalue weighted by atomic mass is 9.80. The summed E-state index contributed by atoms with van der Waals surface area (Å²) >= 11 is 4.97. The highest BCUT2D eigenvalue weighted by Gasteiger charge is 2.20. The fourth-order valence-electron chi connectivity index (χ4n) is 7.55. The van der Waals surface area contributed by atoms with Crippen LogP contribution in [0.5, 0.6) is 0 Å². The third-order valence-corrected chi connectivity index (χ3v) is 11.3. The van der Waals surface area contributed by atoms with Crippen molar-refractivity contribution in [3.63, 3.8) is 0 Å². The average molecular weight is 865 g/mol. The molecule has 0 spiro atoms. The molecule has 0 heterocycles. The predicted octanol–water partition coefficient (Wildman–Crippen LogP) is 15.1. The molecule has 0 aromatic heterocycles. The summed E-state index contributed by atoms with van der Waals surface area (Å²) in [5.41, 5.74) is 15.7. The first-order valence-electron chi connectivity index (χ1n) is 18.7. The van der Waals surface area contributed by atoms with E-state index in [0.717, 1.165) is 12.8 Å². The minimum Gasteiger partial charge on any atom is -0.0654 e. The lowest BCUT2D eigenvalue weighted by Crippen LogP contribution is -2.07. The highest BCUT2D eigenvalue weighted by molar-refractivity contribution is 14.1. The van der Waals surface area contributed by atoms with Crippen LogP contribution in [0.3, 0.4) is 0 Å². The second-order valence-corrected chi connectivity index (χ2v) is 16.7. The van der Waals surface area contributed by atoms with Crippen molar-refractivity contribution < 1.29 is 0 Å². The zero-order chi connectivity index (χ0) is 34.6. The first-order chi connectivity index (χ1) is 23.1. The van der Waals surface area contributed by atoms with Crippen molar-refractivity contribution in [2.24, 2.45) is 0 Å². The molecular formula is C46H58I2. The molecule has 0 fully saturated rings. The molecule has 4 aromatic carbocycles. The maximum absolute atomic E-state index is 7.19. The van der Waals surface area contributed by atoms with Gasteiger partial charge in [-0.15, -0.1) is 0 Å². The number of benzene rings is 4. The first-order valence-corrected chi connectivity index (χ1v) is 20.8. The third kappa shape index (κ3) is 11.2. The first kappa shape index (κ1) is 39.1. The van der Waals surface area contributed by atoms with Gasteiger partial charge in [0.2, 0.25) is 0 Å². The largest absolute Gasteiger partial charge is 0.0654 e. The lowest BCUT2D eigenvalue weighted by molar-refractivity contribution is 0.607. The SMILES string of the molecule is [CH]C(c1c(C)cc(-c2cc(I)cc(CCCCCCCC)c2)cc1C)c1c(C)cc(-c2cc(I)cc(CCCCCCCC)c2)cc1C. The Morgan fingerprint density at radius 1 is 0.438 bits per heavy atom. The second-order valence-electron chi connectivity index (χ2n) is 14.3. The van der Waals surface area contributed by atoms with E-state index in [4.69, 9.17) is 6.92 Å². The molecule has 2 heteroatoms. The molecule has 0 saturated heterocycles. The van der Waals surface area contributed by atoms with Crippen LogP contribution < -0.4 is 0 Å². The smallest absolute Gasteiger partial charge is 0.0139 e. The normalized spacial score (nSPS) is 11.5. The van der Waals surface area contributed by atoms with E-state index >= 15 is 0 Å². The molecule has 48 heavy (non-hydrogen) atoms. The van der Waals surface area contributed by atoms with Crippen LogP contribution in [0.1, 0.15) is 141 Å². The lowest BCUT2D eigenvalue weighted by Gasteiger charge is -2.24. The summed E-state index contributed by atoms with van der Waals surface area (Å²) in [5.74, 6) is -0.161. The Balaban J connectivity index is 1.53. The van der Waals surface area contributed by atoms with E-state index in [-0.39, 0.29) is 5.92 Å².